The topological polar surface area (TPSA) is 124 Å². The van der Waals surface area contributed by atoms with Gasteiger partial charge in [-0.1, -0.05) is 20.8 Å². The molecule has 33 heavy (non-hydrogen) atoms. The van der Waals surface area contributed by atoms with Gasteiger partial charge < -0.3 is 30.7 Å². The third-order valence-electron chi connectivity index (χ3n) is 6.78. The lowest BCUT2D eigenvalue weighted by atomic mass is 9.86. The highest BCUT2D eigenvalue weighted by atomic mass is 32.2. The number of amides is 1. The summed E-state index contributed by atoms with van der Waals surface area (Å²) in [4.78, 5) is 17.8. The number of piperidine rings is 1. The molecule has 0 radical (unpaired) electrons. The predicted octanol–water partition coefficient (Wildman–Crippen LogP) is 1.32. The number of carbonyl (C=O) groups excluding carboxylic acids is 1. The van der Waals surface area contributed by atoms with E-state index in [4.69, 9.17) is 4.74 Å². The first kappa shape index (κ1) is 26.8. The molecule has 3 rings (SSSR count). The third kappa shape index (κ3) is 6.68. The lowest BCUT2D eigenvalue weighted by Crippen LogP contribution is -2.65. The fourth-order valence-electron chi connectivity index (χ4n) is 4.67. The van der Waals surface area contributed by atoms with E-state index in [0.717, 1.165) is 44.3 Å². The van der Waals surface area contributed by atoms with Crippen LogP contribution >= 0.6 is 23.1 Å². The van der Waals surface area contributed by atoms with Crippen molar-refractivity contribution in [3.05, 3.63) is 16.1 Å². The van der Waals surface area contributed by atoms with Crippen molar-refractivity contribution in [2.24, 2.45) is 11.8 Å². The molecule has 2 fully saturated rings. The van der Waals surface area contributed by atoms with E-state index >= 15 is 0 Å². The van der Waals surface area contributed by atoms with Gasteiger partial charge in [-0.25, -0.2) is 4.98 Å². The molecule has 0 aromatic carbocycles. The van der Waals surface area contributed by atoms with Crippen molar-refractivity contribution in [3.63, 3.8) is 0 Å². The summed E-state index contributed by atoms with van der Waals surface area (Å²) in [6.45, 7) is 6.79. The summed E-state index contributed by atoms with van der Waals surface area (Å²) in [7, 11) is 0. The highest BCUT2D eigenvalue weighted by molar-refractivity contribution is 7.99. The van der Waals surface area contributed by atoms with Crippen LogP contribution in [0.4, 0.5) is 0 Å². The van der Waals surface area contributed by atoms with Crippen LogP contribution in [-0.2, 0) is 22.4 Å². The monoisotopic (exact) mass is 501 g/mol. The number of hydrogen-bond acceptors (Lipinski definition) is 9. The molecule has 8 unspecified atom stereocenters. The van der Waals surface area contributed by atoms with E-state index in [1.165, 1.54) is 16.8 Å². The molecule has 0 bridgehead atoms. The second-order valence-corrected chi connectivity index (χ2v) is 11.4. The zero-order valence-electron chi connectivity index (χ0n) is 19.9. The van der Waals surface area contributed by atoms with Gasteiger partial charge in [-0.05, 0) is 56.7 Å². The fourth-order valence-corrected chi connectivity index (χ4v) is 6.25. The maximum Gasteiger partial charge on any atom is 0.237 e. The normalized spacial score (nSPS) is 33.8. The number of aliphatic hydroxyl groups excluding tert-OH is 3. The minimum Gasteiger partial charge on any atom is -0.388 e. The van der Waals surface area contributed by atoms with Crippen LogP contribution in [0.2, 0.25) is 0 Å². The van der Waals surface area contributed by atoms with E-state index < -0.39 is 35.9 Å². The highest BCUT2D eigenvalue weighted by Gasteiger charge is 2.47. The first-order valence-electron chi connectivity index (χ1n) is 11.9. The number of hydrogen-bond donors (Lipinski definition) is 5. The van der Waals surface area contributed by atoms with Crippen molar-refractivity contribution in [1.29, 1.82) is 0 Å². The van der Waals surface area contributed by atoms with E-state index in [0.29, 0.717) is 5.92 Å². The molecule has 2 aliphatic rings. The van der Waals surface area contributed by atoms with Crippen molar-refractivity contribution in [2.45, 2.75) is 94.8 Å². The number of thiazole rings is 1. The van der Waals surface area contributed by atoms with Crippen LogP contribution < -0.4 is 10.6 Å². The minimum atomic E-state index is -1.32. The second kappa shape index (κ2) is 12.3. The van der Waals surface area contributed by atoms with Gasteiger partial charge in [0.1, 0.15) is 29.9 Å². The van der Waals surface area contributed by atoms with Gasteiger partial charge in [-0.2, -0.15) is 0 Å². The van der Waals surface area contributed by atoms with Gasteiger partial charge in [-0.3, -0.25) is 4.79 Å². The second-order valence-electron chi connectivity index (χ2n) is 9.48. The van der Waals surface area contributed by atoms with Crippen LogP contribution in [0.25, 0.3) is 0 Å². The number of nitrogens with one attached hydrogen (secondary N) is 2. The summed E-state index contributed by atoms with van der Waals surface area (Å²) in [5.74, 6) is 0.302. The highest BCUT2D eigenvalue weighted by Crippen LogP contribution is 2.31. The Balaban J connectivity index is 1.59. The largest absolute Gasteiger partial charge is 0.388 e. The molecule has 8 atom stereocenters. The average molecular weight is 502 g/mol. The summed E-state index contributed by atoms with van der Waals surface area (Å²) in [6, 6.07) is -0.797. The van der Waals surface area contributed by atoms with Gasteiger partial charge >= 0.3 is 0 Å². The molecule has 1 aromatic heterocycles. The molecule has 0 spiro atoms. The molecule has 8 nitrogen and oxygen atoms in total. The maximum absolute atomic E-state index is 13.2. The molecule has 1 amide bonds. The average Bonchev–Trinajstić information content (AvgIpc) is 3.28. The first-order valence-corrected chi connectivity index (χ1v) is 14.1. The SMILES string of the molecule is CCc1csc(CCC2CCNC(C(=O)NC(C(C)C)C3OC(SC)C(O)C(O)C3O)C2)n1. The molecule has 2 saturated heterocycles. The number of rotatable bonds is 9. The Morgan fingerprint density at radius 1 is 1.33 bits per heavy atom. The zero-order valence-corrected chi connectivity index (χ0v) is 21.6. The summed E-state index contributed by atoms with van der Waals surface area (Å²) < 4.78 is 5.92. The van der Waals surface area contributed by atoms with Crippen LogP contribution in [-0.4, -0.2) is 80.9 Å². The summed E-state index contributed by atoms with van der Waals surface area (Å²) >= 11 is 2.99. The number of carbonyl (C=O) groups is 1. The van der Waals surface area contributed by atoms with E-state index in [2.05, 4.69) is 27.9 Å². The van der Waals surface area contributed by atoms with Crippen molar-refractivity contribution in [2.75, 3.05) is 12.8 Å². The summed E-state index contributed by atoms with van der Waals surface area (Å²) in [5.41, 5.74) is 0.480. The Bertz CT molecular complexity index is 762. The van der Waals surface area contributed by atoms with Gasteiger partial charge in [0.25, 0.3) is 0 Å². The Labute approximate surface area is 204 Å². The number of aliphatic hydroxyl groups is 3. The van der Waals surface area contributed by atoms with Crippen molar-refractivity contribution < 1.29 is 24.9 Å². The number of thioether (sulfide) groups is 1. The Morgan fingerprint density at radius 2 is 2.09 bits per heavy atom. The molecule has 188 valence electrons. The smallest absolute Gasteiger partial charge is 0.237 e. The van der Waals surface area contributed by atoms with Gasteiger partial charge in [0, 0.05) is 5.38 Å². The molecule has 0 aliphatic carbocycles. The van der Waals surface area contributed by atoms with Crippen LogP contribution in [0.1, 0.15) is 50.7 Å². The van der Waals surface area contributed by atoms with Gasteiger partial charge in [0.2, 0.25) is 5.91 Å². The van der Waals surface area contributed by atoms with Crippen molar-refractivity contribution >= 4 is 29.0 Å². The van der Waals surface area contributed by atoms with Gasteiger partial charge in [0.05, 0.1) is 22.8 Å². The van der Waals surface area contributed by atoms with E-state index in [-0.39, 0.29) is 17.9 Å². The van der Waals surface area contributed by atoms with Crippen molar-refractivity contribution in [3.8, 4) is 0 Å². The molecule has 5 N–H and O–H groups in total. The predicted molar refractivity (Wildman–Crippen MR) is 131 cm³/mol. The van der Waals surface area contributed by atoms with E-state index in [9.17, 15) is 20.1 Å². The molecule has 2 aliphatic heterocycles. The Kier molecular flexibility index (Phi) is 9.99. The molecule has 10 heteroatoms. The van der Waals surface area contributed by atoms with E-state index in [1.807, 2.05) is 13.8 Å². The zero-order chi connectivity index (χ0) is 24.1. The van der Waals surface area contributed by atoms with Gasteiger partial charge in [-0.15, -0.1) is 23.1 Å². The molecule has 1 aromatic rings. The van der Waals surface area contributed by atoms with Crippen LogP contribution in [0.3, 0.4) is 0 Å². The quantitative estimate of drug-likeness (QED) is 0.343. The number of aryl methyl sites for hydroxylation is 2. The lowest BCUT2D eigenvalue weighted by molar-refractivity contribution is -0.208. The molecular weight excluding hydrogens is 462 g/mol. The minimum absolute atomic E-state index is 0.0319. The maximum atomic E-state index is 13.2. The van der Waals surface area contributed by atoms with Crippen LogP contribution in [0, 0.1) is 11.8 Å². The standard InChI is InChI=1S/C23H39N3O5S2/c1-5-14-11-33-16(25-14)7-6-13-8-9-24-15(10-13)22(30)26-17(12(2)3)21-19(28)18(27)20(29)23(31-21)32-4/h11-13,15,17-21,23-24,27-29H,5-10H2,1-4H3,(H,26,30). The Morgan fingerprint density at radius 3 is 2.73 bits per heavy atom. The Hall–Kier alpha value is -0.750. The third-order valence-corrected chi connectivity index (χ3v) is 8.59. The van der Waals surface area contributed by atoms with E-state index in [1.54, 1.807) is 17.6 Å². The van der Waals surface area contributed by atoms with Gasteiger partial charge in [0.15, 0.2) is 0 Å². The molecule has 0 saturated carbocycles. The number of ether oxygens (including phenoxy) is 1. The fraction of sp³-hybridized carbons (Fsp3) is 0.826. The summed E-state index contributed by atoms with van der Waals surface area (Å²) in [5, 5.41) is 40.7. The lowest BCUT2D eigenvalue weighted by Gasteiger charge is -2.44. The molecular formula is C23H39N3O5S2. The number of nitrogens with zero attached hydrogens (tertiary/aromatic N) is 1. The summed E-state index contributed by atoms with van der Waals surface area (Å²) in [6.07, 6.45) is 1.89. The number of aromatic nitrogens is 1. The van der Waals surface area contributed by atoms with Crippen LogP contribution in [0.5, 0.6) is 0 Å². The van der Waals surface area contributed by atoms with Crippen molar-refractivity contribution in [1.82, 2.24) is 15.6 Å². The molecule has 3 heterocycles. The first-order chi connectivity index (χ1) is 15.7. The van der Waals surface area contributed by atoms with Crippen LogP contribution in [0.15, 0.2) is 5.38 Å².